The highest BCUT2D eigenvalue weighted by Gasteiger charge is 2.04. The Morgan fingerprint density at radius 3 is 2.96 bits per heavy atom. The maximum absolute atomic E-state index is 11.4. The first kappa shape index (κ1) is 16.7. The largest absolute Gasteiger partial charge is 0.495 e. The van der Waals surface area contributed by atoms with Crippen molar-refractivity contribution in [3.05, 3.63) is 36.7 Å². The third kappa shape index (κ3) is 4.93. The fourth-order valence-corrected chi connectivity index (χ4v) is 1.92. The predicted molar refractivity (Wildman–Crippen MR) is 90.3 cm³/mol. The highest BCUT2D eigenvalue weighted by molar-refractivity contribution is 6.67. The van der Waals surface area contributed by atoms with Crippen molar-refractivity contribution in [3.63, 3.8) is 0 Å². The predicted octanol–water partition coefficient (Wildman–Crippen LogP) is 1.94. The van der Waals surface area contributed by atoms with Crippen LogP contribution in [0.1, 0.15) is 0 Å². The molecule has 2 rings (SSSR count). The summed E-state index contributed by atoms with van der Waals surface area (Å²) in [6.45, 7) is 0.934. The molecule has 0 fully saturated rings. The number of anilines is 1. The first-order valence-electron chi connectivity index (χ1n) is 6.82. The third-order valence-corrected chi connectivity index (χ3v) is 3.03. The van der Waals surface area contributed by atoms with Gasteiger partial charge >= 0.3 is 0 Å². The molecule has 23 heavy (non-hydrogen) atoms. The lowest BCUT2D eigenvalue weighted by molar-refractivity contribution is -0.116. The second-order valence-electron chi connectivity index (χ2n) is 4.50. The monoisotopic (exact) mass is 333 g/mol. The van der Waals surface area contributed by atoms with Gasteiger partial charge in [-0.2, -0.15) is 0 Å². The molecule has 0 saturated carbocycles. The summed E-state index contributed by atoms with van der Waals surface area (Å²) in [5.74, 6) is 0.339. The molecule has 0 aliphatic carbocycles. The van der Waals surface area contributed by atoms with Crippen LogP contribution in [0.2, 0.25) is 0 Å². The van der Waals surface area contributed by atoms with E-state index < -0.39 is 0 Å². The van der Waals surface area contributed by atoms with Crippen molar-refractivity contribution >= 4 is 39.4 Å². The molecule has 1 amide bonds. The number of rotatable bonds is 7. The van der Waals surface area contributed by atoms with E-state index in [1.165, 1.54) is 12.2 Å². The number of amides is 1. The van der Waals surface area contributed by atoms with E-state index in [9.17, 15) is 4.79 Å². The van der Waals surface area contributed by atoms with Gasteiger partial charge in [0.15, 0.2) is 0 Å². The molecule has 2 aromatic rings. The minimum absolute atomic E-state index is 0.192. The Balaban J connectivity index is 1.92. The van der Waals surface area contributed by atoms with Crippen LogP contribution in [0.3, 0.4) is 0 Å². The average molecular weight is 334 g/mol. The molecule has 0 radical (unpaired) electrons. The molecule has 7 nitrogen and oxygen atoms in total. The number of nitrogens with zero attached hydrogens (tertiary/aromatic N) is 2. The van der Waals surface area contributed by atoms with Crippen molar-refractivity contribution in [3.8, 4) is 5.75 Å². The fraction of sp³-hybridized carbons (Fsp3) is 0.200. The van der Waals surface area contributed by atoms with Gasteiger partial charge < -0.3 is 15.4 Å². The molecule has 0 unspecified atom stereocenters. The maximum Gasteiger partial charge on any atom is 0.244 e. The number of carbonyl (C=O) groups excluding carboxylic acids is 1. The van der Waals surface area contributed by atoms with E-state index in [4.69, 9.17) is 21.7 Å². The van der Waals surface area contributed by atoms with E-state index in [2.05, 4.69) is 20.6 Å². The van der Waals surface area contributed by atoms with Gasteiger partial charge in [0.1, 0.15) is 16.4 Å². The van der Waals surface area contributed by atoms with Crippen LogP contribution in [-0.4, -0.2) is 41.2 Å². The van der Waals surface area contributed by atoms with Crippen molar-refractivity contribution in [1.82, 2.24) is 15.3 Å². The number of allylic oxidation sites excluding steroid dienone is 1. The summed E-state index contributed by atoms with van der Waals surface area (Å²) in [6.07, 6.45) is 5.74. The van der Waals surface area contributed by atoms with Crippen molar-refractivity contribution in [2.75, 3.05) is 25.5 Å². The van der Waals surface area contributed by atoms with Gasteiger partial charge in [-0.15, -0.1) is 0 Å². The molecule has 2 aromatic heterocycles. The second kappa shape index (κ2) is 8.09. The van der Waals surface area contributed by atoms with Crippen molar-refractivity contribution in [2.45, 2.75) is 0 Å². The van der Waals surface area contributed by atoms with Gasteiger partial charge in [0.2, 0.25) is 5.91 Å². The number of nitrogens with one attached hydrogen (secondary N) is 3. The molecule has 0 saturated heterocycles. The summed E-state index contributed by atoms with van der Waals surface area (Å²) < 4.78 is 5.13. The quantitative estimate of drug-likeness (QED) is 0.408. The van der Waals surface area contributed by atoms with E-state index in [0.717, 1.165) is 16.7 Å². The fourth-order valence-electron chi connectivity index (χ4n) is 1.86. The van der Waals surface area contributed by atoms with Gasteiger partial charge in [0.05, 0.1) is 24.5 Å². The second-order valence-corrected chi connectivity index (χ2v) is 4.91. The SMILES string of the molecule is COc1cnc2c(NCCNC(=O)/C=C\C(=N)Cl)ccnc2c1. The number of aromatic nitrogens is 2. The van der Waals surface area contributed by atoms with Crippen molar-refractivity contribution in [2.24, 2.45) is 0 Å². The Kier molecular flexibility index (Phi) is 5.87. The summed E-state index contributed by atoms with van der Waals surface area (Å²) in [6, 6.07) is 3.62. The summed E-state index contributed by atoms with van der Waals surface area (Å²) in [7, 11) is 1.58. The number of hydrogen-bond acceptors (Lipinski definition) is 6. The molecule has 0 aliphatic heterocycles. The molecule has 0 aromatic carbocycles. The maximum atomic E-state index is 11.4. The molecule has 0 aliphatic rings. The standard InChI is InChI=1S/C15H16ClN5O2/c1-23-10-8-12-15(21-9-10)11(4-5-18-12)19-6-7-20-14(22)3-2-13(16)17/h2-5,8-9,17H,6-7H2,1H3,(H,18,19)(H,20,22)/b3-2-,17-13?. The van der Waals surface area contributed by atoms with E-state index in [1.807, 2.05) is 6.07 Å². The van der Waals surface area contributed by atoms with Crippen LogP contribution in [0.5, 0.6) is 5.75 Å². The first-order valence-corrected chi connectivity index (χ1v) is 7.20. The first-order chi connectivity index (χ1) is 11.1. The number of carbonyl (C=O) groups is 1. The highest BCUT2D eigenvalue weighted by Crippen LogP contribution is 2.22. The Hall–Kier alpha value is -2.67. The number of methoxy groups -OCH3 is 1. The van der Waals surface area contributed by atoms with Crippen molar-refractivity contribution in [1.29, 1.82) is 5.41 Å². The normalized spacial score (nSPS) is 10.7. The Morgan fingerprint density at radius 1 is 1.39 bits per heavy atom. The van der Waals surface area contributed by atoms with E-state index in [0.29, 0.717) is 18.8 Å². The lowest BCUT2D eigenvalue weighted by Gasteiger charge is -2.09. The summed E-state index contributed by atoms with van der Waals surface area (Å²) in [4.78, 5) is 20.0. The Bertz CT molecular complexity index is 748. The molecular formula is C15H16ClN5O2. The smallest absolute Gasteiger partial charge is 0.244 e. The minimum atomic E-state index is -0.306. The van der Waals surface area contributed by atoms with Crippen LogP contribution in [0, 0.1) is 5.41 Å². The van der Waals surface area contributed by atoms with Gasteiger partial charge in [-0.3, -0.25) is 15.2 Å². The molecule has 0 atom stereocenters. The molecule has 120 valence electrons. The van der Waals surface area contributed by atoms with Gasteiger partial charge in [-0.25, -0.2) is 4.98 Å². The van der Waals surface area contributed by atoms with E-state index in [1.54, 1.807) is 25.6 Å². The molecule has 0 bridgehead atoms. The lowest BCUT2D eigenvalue weighted by atomic mass is 10.2. The third-order valence-electron chi connectivity index (χ3n) is 2.91. The molecule has 2 heterocycles. The van der Waals surface area contributed by atoms with Crippen LogP contribution in [-0.2, 0) is 4.79 Å². The number of halogens is 1. The Morgan fingerprint density at radius 2 is 2.22 bits per heavy atom. The summed E-state index contributed by atoms with van der Waals surface area (Å²) >= 11 is 5.32. The topological polar surface area (TPSA) is 100.0 Å². The van der Waals surface area contributed by atoms with Gasteiger partial charge in [-0.05, 0) is 12.1 Å². The zero-order valence-electron chi connectivity index (χ0n) is 12.5. The van der Waals surface area contributed by atoms with Crippen LogP contribution < -0.4 is 15.4 Å². The average Bonchev–Trinajstić information content (AvgIpc) is 2.56. The van der Waals surface area contributed by atoms with Crippen LogP contribution in [0.4, 0.5) is 5.69 Å². The van der Waals surface area contributed by atoms with E-state index >= 15 is 0 Å². The molecule has 0 spiro atoms. The van der Waals surface area contributed by atoms with Crippen LogP contribution in [0.15, 0.2) is 36.7 Å². The number of ether oxygens (including phenoxy) is 1. The van der Waals surface area contributed by atoms with Gasteiger partial charge in [0, 0.05) is 31.4 Å². The number of fused-ring (bicyclic) bond motifs is 1. The van der Waals surface area contributed by atoms with Gasteiger partial charge in [0.25, 0.3) is 0 Å². The number of hydrogen-bond donors (Lipinski definition) is 3. The minimum Gasteiger partial charge on any atom is -0.495 e. The zero-order valence-corrected chi connectivity index (χ0v) is 13.2. The molecule has 3 N–H and O–H groups in total. The van der Waals surface area contributed by atoms with E-state index in [-0.39, 0.29) is 11.1 Å². The molecule has 8 heteroatoms. The zero-order chi connectivity index (χ0) is 16.7. The molecular weight excluding hydrogens is 318 g/mol. The number of pyridine rings is 2. The lowest BCUT2D eigenvalue weighted by Crippen LogP contribution is -2.27. The summed E-state index contributed by atoms with van der Waals surface area (Å²) in [5.41, 5.74) is 2.28. The Labute approximate surface area is 138 Å². The summed E-state index contributed by atoms with van der Waals surface area (Å²) in [5, 5.41) is 12.7. The van der Waals surface area contributed by atoms with Gasteiger partial charge in [-0.1, -0.05) is 11.6 Å². The van der Waals surface area contributed by atoms with Crippen LogP contribution >= 0.6 is 11.6 Å². The van der Waals surface area contributed by atoms with Crippen LogP contribution in [0.25, 0.3) is 11.0 Å². The highest BCUT2D eigenvalue weighted by atomic mass is 35.5. The van der Waals surface area contributed by atoms with Crippen molar-refractivity contribution < 1.29 is 9.53 Å².